The van der Waals surface area contributed by atoms with Crippen molar-refractivity contribution in [3.63, 3.8) is 0 Å². The smallest absolute Gasteiger partial charge is 0.335 e. The van der Waals surface area contributed by atoms with Gasteiger partial charge in [0.25, 0.3) is 0 Å². The highest BCUT2D eigenvalue weighted by molar-refractivity contribution is 6.33. The van der Waals surface area contributed by atoms with E-state index in [2.05, 4.69) is 9.55 Å². The van der Waals surface area contributed by atoms with E-state index in [4.69, 9.17) is 37.7 Å². The summed E-state index contributed by atoms with van der Waals surface area (Å²) in [6.07, 6.45) is 2.50. The maximum absolute atomic E-state index is 14.1. The molecule has 0 radical (unpaired) electrons. The van der Waals surface area contributed by atoms with E-state index in [0.717, 1.165) is 47.4 Å². The topological polar surface area (TPSA) is 86.5 Å². The molecule has 1 aliphatic rings. The highest BCUT2D eigenvalue weighted by atomic mass is 35.5. The van der Waals surface area contributed by atoms with E-state index in [9.17, 15) is 14.3 Å². The zero-order valence-electron chi connectivity index (χ0n) is 22.4. The molecule has 0 bridgehead atoms. The summed E-state index contributed by atoms with van der Waals surface area (Å²) in [4.78, 5) is 21.0. The van der Waals surface area contributed by atoms with Crippen LogP contribution in [0.15, 0.2) is 72.8 Å². The van der Waals surface area contributed by atoms with Gasteiger partial charge in [0.05, 0.1) is 40.0 Å². The molecule has 0 aliphatic carbocycles. The molecular weight excluding hydrogens is 580 g/mol. The molecule has 1 fully saturated rings. The molecule has 1 atom stereocenters. The van der Waals surface area contributed by atoms with E-state index in [0.29, 0.717) is 40.1 Å². The lowest BCUT2D eigenvalue weighted by Crippen LogP contribution is -2.17. The fourth-order valence-electron chi connectivity index (χ4n) is 5.13. The molecule has 6 rings (SSSR count). The summed E-state index contributed by atoms with van der Waals surface area (Å²) in [5, 5.41) is 10.4. The summed E-state index contributed by atoms with van der Waals surface area (Å²) in [5.74, 6) is -0.282. The van der Waals surface area contributed by atoms with Gasteiger partial charge in [-0.1, -0.05) is 47.5 Å². The number of rotatable bonds is 9. The van der Waals surface area contributed by atoms with Gasteiger partial charge < -0.3 is 19.1 Å². The van der Waals surface area contributed by atoms with Crippen LogP contribution >= 0.6 is 23.2 Å². The number of ether oxygens (including phenoxy) is 2. The van der Waals surface area contributed by atoms with Crippen LogP contribution in [-0.4, -0.2) is 38.3 Å². The number of halogens is 3. The SMILES string of the molecule is O=C(O)c1ccc2nc(Cc3ccc(-c4cccc(OCc5ccc(Cl)cc5F)n4)c(Cl)c3)n(CC3CCCO3)c2c1. The number of hydrogen-bond donors (Lipinski definition) is 1. The quantitative estimate of drug-likeness (QED) is 0.186. The van der Waals surface area contributed by atoms with Crippen molar-refractivity contribution in [3.8, 4) is 17.1 Å². The van der Waals surface area contributed by atoms with Crippen molar-refractivity contribution in [1.82, 2.24) is 14.5 Å². The molecule has 2 aromatic heterocycles. The molecule has 1 unspecified atom stereocenters. The Labute approximate surface area is 251 Å². The number of aromatic nitrogens is 3. The third-order valence-corrected chi connectivity index (χ3v) is 7.82. The largest absolute Gasteiger partial charge is 0.478 e. The maximum atomic E-state index is 14.1. The monoisotopic (exact) mass is 605 g/mol. The molecule has 0 spiro atoms. The van der Waals surface area contributed by atoms with Gasteiger partial charge in [0, 0.05) is 35.2 Å². The van der Waals surface area contributed by atoms with Crippen LogP contribution in [0.4, 0.5) is 4.39 Å². The van der Waals surface area contributed by atoms with Crippen molar-refractivity contribution in [3.05, 3.63) is 111 Å². The first-order chi connectivity index (χ1) is 20.3. The Kier molecular flexibility index (Phi) is 8.11. The number of hydrogen-bond acceptors (Lipinski definition) is 5. The van der Waals surface area contributed by atoms with E-state index in [1.165, 1.54) is 6.07 Å². The van der Waals surface area contributed by atoms with Crippen molar-refractivity contribution >= 4 is 40.2 Å². The Balaban J connectivity index is 1.24. The Morgan fingerprint density at radius 2 is 1.95 bits per heavy atom. The van der Waals surface area contributed by atoms with Gasteiger partial charge >= 0.3 is 5.97 Å². The fourth-order valence-corrected chi connectivity index (χ4v) is 5.59. The van der Waals surface area contributed by atoms with Crippen LogP contribution in [-0.2, 0) is 24.3 Å². The average Bonchev–Trinajstić information content (AvgIpc) is 3.61. The number of benzene rings is 3. The minimum absolute atomic E-state index is 0.00693. The molecule has 10 heteroatoms. The van der Waals surface area contributed by atoms with E-state index in [-0.39, 0.29) is 18.3 Å². The van der Waals surface area contributed by atoms with Gasteiger partial charge in [0.2, 0.25) is 5.88 Å². The Morgan fingerprint density at radius 1 is 1.07 bits per heavy atom. The molecule has 0 saturated carbocycles. The van der Waals surface area contributed by atoms with Crippen molar-refractivity contribution in [2.45, 2.75) is 38.5 Å². The minimum Gasteiger partial charge on any atom is -0.478 e. The third kappa shape index (κ3) is 6.11. The Hall–Kier alpha value is -3.98. The lowest BCUT2D eigenvalue weighted by Gasteiger charge is -2.15. The minimum atomic E-state index is -0.981. The number of carboxylic acids is 1. The molecular formula is C32H26Cl2FN3O4. The molecule has 7 nitrogen and oxygen atoms in total. The molecule has 214 valence electrons. The molecule has 1 aliphatic heterocycles. The lowest BCUT2D eigenvalue weighted by molar-refractivity contribution is 0.0697. The number of pyridine rings is 1. The first-order valence-corrected chi connectivity index (χ1v) is 14.3. The first kappa shape index (κ1) is 28.2. The number of aromatic carboxylic acids is 1. The zero-order chi connectivity index (χ0) is 29.2. The molecule has 3 heterocycles. The summed E-state index contributed by atoms with van der Waals surface area (Å²) in [6.45, 7) is 1.33. The number of carboxylic acid groups (broad SMARTS) is 1. The summed E-state index contributed by atoms with van der Waals surface area (Å²) in [6, 6.07) is 20.5. The molecule has 5 aromatic rings. The van der Waals surface area contributed by atoms with Crippen LogP contribution in [0.1, 0.15) is 40.2 Å². The standard InChI is InChI=1S/C32H26Cl2FN3O4/c33-22-9-7-21(26(35)16-22)18-42-31-5-1-4-27(37-31)24-10-6-19(13-25(24)34)14-30-36-28-11-8-20(32(39)40)15-29(28)38(30)17-23-3-2-12-41-23/h1,4-11,13,15-16,23H,2-3,12,14,17-18H2,(H,39,40). The van der Waals surface area contributed by atoms with Gasteiger partial charge in [-0.3, -0.25) is 0 Å². The van der Waals surface area contributed by atoms with E-state index < -0.39 is 11.8 Å². The Morgan fingerprint density at radius 3 is 2.71 bits per heavy atom. The highest BCUT2D eigenvalue weighted by Crippen LogP contribution is 2.31. The average molecular weight is 606 g/mol. The summed E-state index contributed by atoms with van der Waals surface area (Å²) in [7, 11) is 0. The van der Waals surface area contributed by atoms with Crippen LogP contribution in [0.25, 0.3) is 22.3 Å². The summed E-state index contributed by atoms with van der Waals surface area (Å²) >= 11 is 12.6. The van der Waals surface area contributed by atoms with Crippen LogP contribution in [0.2, 0.25) is 10.0 Å². The Bertz CT molecular complexity index is 1790. The molecule has 1 saturated heterocycles. The van der Waals surface area contributed by atoms with Crippen LogP contribution in [0.5, 0.6) is 5.88 Å². The van der Waals surface area contributed by atoms with E-state index >= 15 is 0 Å². The second-order valence-corrected chi connectivity index (χ2v) is 11.0. The number of fused-ring (bicyclic) bond motifs is 1. The highest BCUT2D eigenvalue weighted by Gasteiger charge is 2.21. The molecule has 1 N–H and O–H groups in total. The fraction of sp³-hybridized carbons (Fsp3) is 0.219. The van der Waals surface area contributed by atoms with Gasteiger partial charge in [-0.15, -0.1) is 0 Å². The molecule has 3 aromatic carbocycles. The van der Waals surface area contributed by atoms with Crippen molar-refractivity contribution in [2.75, 3.05) is 6.61 Å². The number of carbonyl (C=O) groups is 1. The van der Waals surface area contributed by atoms with Crippen LogP contribution in [0, 0.1) is 5.82 Å². The van der Waals surface area contributed by atoms with Gasteiger partial charge in [-0.2, -0.15) is 0 Å². The maximum Gasteiger partial charge on any atom is 0.335 e. The van der Waals surface area contributed by atoms with Gasteiger partial charge in [-0.25, -0.2) is 19.2 Å². The second-order valence-electron chi connectivity index (χ2n) is 10.2. The van der Waals surface area contributed by atoms with Gasteiger partial charge in [0.1, 0.15) is 18.2 Å². The van der Waals surface area contributed by atoms with Gasteiger partial charge in [-0.05, 0) is 60.9 Å². The van der Waals surface area contributed by atoms with E-state index in [1.807, 2.05) is 24.3 Å². The number of imidazole rings is 1. The first-order valence-electron chi connectivity index (χ1n) is 13.5. The van der Waals surface area contributed by atoms with Crippen LogP contribution in [0.3, 0.4) is 0 Å². The van der Waals surface area contributed by atoms with E-state index in [1.54, 1.807) is 42.5 Å². The normalized spacial score (nSPS) is 14.9. The predicted octanol–water partition coefficient (Wildman–Crippen LogP) is 7.59. The van der Waals surface area contributed by atoms with Crippen molar-refractivity contribution < 1.29 is 23.8 Å². The third-order valence-electron chi connectivity index (χ3n) is 7.27. The summed E-state index contributed by atoms with van der Waals surface area (Å²) < 4.78 is 27.8. The molecule has 42 heavy (non-hydrogen) atoms. The van der Waals surface area contributed by atoms with Gasteiger partial charge in [0.15, 0.2) is 0 Å². The van der Waals surface area contributed by atoms with Crippen molar-refractivity contribution in [1.29, 1.82) is 0 Å². The predicted molar refractivity (Wildman–Crippen MR) is 159 cm³/mol. The van der Waals surface area contributed by atoms with Crippen molar-refractivity contribution in [2.24, 2.45) is 0 Å². The van der Waals surface area contributed by atoms with Crippen LogP contribution < -0.4 is 4.74 Å². The lowest BCUT2D eigenvalue weighted by atomic mass is 10.1. The second kappa shape index (κ2) is 12.1. The zero-order valence-corrected chi connectivity index (χ0v) is 23.9. The summed E-state index contributed by atoms with van der Waals surface area (Å²) in [5.41, 5.74) is 4.37. The number of nitrogens with zero attached hydrogens (tertiary/aromatic N) is 3. The molecule has 0 amide bonds.